The molecule has 0 unspecified atom stereocenters. The van der Waals surface area contributed by atoms with E-state index in [9.17, 15) is 4.79 Å². The molecule has 10 nitrogen and oxygen atoms in total. The van der Waals surface area contributed by atoms with Crippen LogP contribution in [0.3, 0.4) is 0 Å². The second-order valence-corrected chi connectivity index (χ2v) is 7.09. The Balaban J connectivity index is 0.00000240. The van der Waals surface area contributed by atoms with Crippen LogP contribution < -0.4 is 10.6 Å². The highest BCUT2D eigenvalue weighted by Gasteiger charge is 2.26. The van der Waals surface area contributed by atoms with Crippen molar-refractivity contribution >= 4 is 35.8 Å². The quantitative estimate of drug-likeness (QED) is 0.295. The SMILES string of the molecule is CN=C(NCc1nc(-c2ccco2)n[nH]1)N1CCN(CC(=O)NC2CC2)CC1.I. The van der Waals surface area contributed by atoms with E-state index in [-0.39, 0.29) is 29.9 Å². The topological polar surface area (TPSA) is 115 Å². The molecule has 1 aliphatic carbocycles. The number of halogens is 1. The molecule has 2 fully saturated rings. The third kappa shape index (κ3) is 5.92. The number of carbonyl (C=O) groups excluding carboxylic acids is 1. The van der Waals surface area contributed by atoms with Gasteiger partial charge in [-0.3, -0.25) is 19.8 Å². The number of H-pyrrole nitrogens is 1. The molecule has 4 rings (SSSR count). The molecule has 3 N–H and O–H groups in total. The summed E-state index contributed by atoms with van der Waals surface area (Å²) < 4.78 is 5.31. The first-order chi connectivity index (χ1) is 13.7. The lowest BCUT2D eigenvalue weighted by Crippen LogP contribution is -2.54. The molecule has 2 aliphatic rings. The van der Waals surface area contributed by atoms with Gasteiger partial charge in [-0.05, 0) is 25.0 Å². The van der Waals surface area contributed by atoms with Crippen molar-refractivity contribution in [3.05, 3.63) is 24.2 Å². The Morgan fingerprint density at radius 3 is 2.79 bits per heavy atom. The van der Waals surface area contributed by atoms with Gasteiger partial charge < -0.3 is 20.0 Å². The van der Waals surface area contributed by atoms with Crippen LogP contribution >= 0.6 is 24.0 Å². The number of aromatic nitrogens is 3. The molecule has 0 atom stereocenters. The van der Waals surface area contributed by atoms with Crippen LogP contribution in [0.4, 0.5) is 0 Å². The fraction of sp³-hybridized carbons (Fsp3) is 0.556. The van der Waals surface area contributed by atoms with E-state index in [2.05, 4.69) is 40.6 Å². The third-order valence-corrected chi connectivity index (χ3v) is 4.88. The van der Waals surface area contributed by atoms with Crippen LogP contribution in [0.15, 0.2) is 27.8 Å². The number of hydrogen-bond acceptors (Lipinski definition) is 6. The van der Waals surface area contributed by atoms with Crippen LogP contribution in [0.2, 0.25) is 0 Å². The predicted molar refractivity (Wildman–Crippen MR) is 119 cm³/mol. The van der Waals surface area contributed by atoms with E-state index in [0.29, 0.717) is 36.5 Å². The zero-order valence-corrected chi connectivity index (χ0v) is 18.8. The van der Waals surface area contributed by atoms with Gasteiger partial charge in [0, 0.05) is 39.3 Å². The zero-order valence-electron chi connectivity index (χ0n) is 16.4. The van der Waals surface area contributed by atoms with Gasteiger partial charge in [0.1, 0.15) is 5.82 Å². The summed E-state index contributed by atoms with van der Waals surface area (Å²) in [5.74, 6) is 2.83. The summed E-state index contributed by atoms with van der Waals surface area (Å²) in [6.45, 7) is 4.29. The Kier molecular flexibility index (Phi) is 7.47. The lowest BCUT2D eigenvalue weighted by Gasteiger charge is -2.36. The van der Waals surface area contributed by atoms with Crippen molar-refractivity contribution in [2.75, 3.05) is 39.8 Å². The Bertz CT molecular complexity index is 810. The maximum Gasteiger partial charge on any atom is 0.234 e. The molecular formula is C18H27IN8O2. The summed E-state index contributed by atoms with van der Waals surface area (Å²) in [6.07, 6.45) is 3.84. The van der Waals surface area contributed by atoms with Gasteiger partial charge in [-0.15, -0.1) is 29.1 Å². The molecule has 29 heavy (non-hydrogen) atoms. The van der Waals surface area contributed by atoms with Crippen LogP contribution in [0.1, 0.15) is 18.7 Å². The number of guanidine groups is 1. The number of amides is 1. The van der Waals surface area contributed by atoms with Crippen LogP contribution in [-0.2, 0) is 11.3 Å². The van der Waals surface area contributed by atoms with E-state index in [1.165, 1.54) is 0 Å². The molecule has 1 saturated carbocycles. The van der Waals surface area contributed by atoms with E-state index in [4.69, 9.17) is 4.42 Å². The minimum Gasteiger partial charge on any atom is -0.461 e. The highest BCUT2D eigenvalue weighted by atomic mass is 127. The average Bonchev–Trinajstić information content (AvgIpc) is 3.17. The highest BCUT2D eigenvalue weighted by Crippen LogP contribution is 2.18. The summed E-state index contributed by atoms with van der Waals surface area (Å²) >= 11 is 0. The van der Waals surface area contributed by atoms with E-state index < -0.39 is 0 Å². The van der Waals surface area contributed by atoms with Crippen molar-refractivity contribution in [2.24, 2.45) is 4.99 Å². The predicted octanol–water partition coefficient (Wildman–Crippen LogP) is 0.654. The smallest absolute Gasteiger partial charge is 0.234 e. The summed E-state index contributed by atoms with van der Waals surface area (Å²) in [5, 5.41) is 13.4. The fourth-order valence-corrected chi connectivity index (χ4v) is 3.21. The van der Waals surface area contributed by atoms with Crippen molar-refractivity contribution in [3.8, 4) is 11.6 Å². The van der Waals surface area contributed by atoms with Crippen molar-refractivity contribution in [2.45, 2.75) is 25.4 Å². The number of furan rings is 1. The molecule has 3 heterocycles. The summed E-state index contributed by atoms with van der Waals surface area (Å²) in [4.78, 5) is 25.1. The van der Waals surface area contributed by atoms with Crippen LogP contribution in [0, 0.1) is 0 Å². The number of aliphatic imine (C=N–C) groups is 1. The first-order valence-electron chi connectivity index (χ1n) is 9.64. The van der Waals surface area contributed by atoms with Crippen LogP contribution in [0.25, 0.3) is 11.6 Å². The summed E-state index contributed by atoms with van der Waals surface area (Å²) in [7, 11) is 1.77. The van der Waals surface area contributed by atoms with Crippen molar-refractivity contribution in [3.63, 3.8) is 0 Å². The van der Waals surface area contributed by atoms with Gasteiger partial charge in [0.05, 0.1) is 19.4 Å². The Hall–Kier alpha value is -2.15. The van der Waals surface area contributed by atoms with E-state index in [0.717, 1.165) is 45.0 Å². The van der Waals surface area contributed by atoms with Gasteiger partial charge in [-0.1, -0.05) is 0 Å². The van der Waals surface area contributed by atoms with E-state index in [1.807, 2.05) is 6.07 Å². The van der Waals surface area contributed by atoms with Gasteiger partial charge in [-0.25, -0.2) is 4.98 Å². The van der Waals surface area contributed by atoms with Gasteiger partial charge in [0.25, 0.3) is 0 Å². The third-order valence-electron chi connectivity index (χ3n) is 4.88. The second-order valence-electron chi connectivity index (χ2n) is 7.09. The van der Waals surface area contributed by atoms with Gasteiger partial charge >= 0.3 is 0 Å². The summed E-state index contributed by atoms with van der Waals surface area (Å²) in [5.41, 5.74) is 0. The molecule has 158 valence electrons. The molecule has 1 aliphatic heterocycles. The lowest BCUT2D eigenvalue weighted by molar-refractivity contribution is -0.122. The maximum absolute atomic E-state index is 12.0. The Labute approximate surface area is 186 Å². The molecule has 0 spiro atoms. The van der Waals surface area contributed by atoms with Crippen molar-refractivity contribution < 1.29 is 9.21 Å². The normalized spacial score (nSPS) is 17.7. The van der Waals surface area contributed by atoms with E-state index >= 15 is 0 Å². The number of hydrogen-bond donors (Lipinski definition) is 3. The largest absolute Gasteiger partial charge is 0.461 e. The summed E-state index contributed by atoms with van der Waals surface area (Å²) in [6, 6.07) is 4.05. The van der Waals surface area contributed by atoms with E-state index in [1.54, 1.807) is 19.4 Å². The van der Waals surface area contributed by atoms with Gasteiger partial charge in [0.2, 0.25) is 11.7 Å². The average molecular weight is 514 g/mol. The number of carbonyl (C=O) groups is 1. The first kappa shape index (κ1) is 21.6. The minimum absolute atomic E-state index is 0. The number of rotatable bonds is 6. The number of nitrogens with zero attached hydrogens (tertiary/aromatic N) is 5. The number of aromatic amines is 1. The Morgan fingerprint density at radius 2 is 2.14 bits per heavy atom. The molecule has 1 amide bonds. The lowest BCUT2D eigenvalue weighted by atomic mass is 10.3. The van der Waals surface area contributed by atoms with Crippen molar-refractivity contribution in [1.29, 1.82) is 0 Å². The molecular weight excluding hydrogens is 487 g/mol. The molecule has 11 heteroatoms. The molecule has 2 aromatic heterocycles. The Morgan fingerprint density at radius 1 is 1.34 bits per heavy atom. The molecule has 2 aromatic rings. The van der Waals surface area contributed by atoms with Gasteiger partial charge in [0.15, 0.2) is 11.7 Å². The minimum atomic E-state index is 0. The van der Waals surface area contributed by atoms with Crippen LogP contribution in [-0.4, -0.2) is 82.7 Å². The number of piperazine rings is 1. The monoisotopic (exact) mass is 514 g/mol. The zero-order chi connectivity index (χ0) is 19.3. The molecule has 1 saturated heterocycles. The second kappa shape index (κ2) is 10.1. The van der Waals surface area contributed by atoms with Crippen molar-refractivity contribution in [1.82, 2.24) is 35.6 Å². The van der Waals surface area contributed by atoms with Crippen LogP contribution in [0.5, 0.6) is 0 Å². The van der Waals surface area contributed by atoms with Gasteiger partial charge in [-0.2, -0.15) is 0 Å². The highest BCUT2D eigenvalue weighted by molar-refractivity contribution is 14.0. The first-order valence-corrected chi connectivity index (χ1v) is 9.64. The number of nitrogens with one attached hydrogen (secondary N) is 3. The molecule has 0 bridgehead atoms. The standard InChI is InChI=1S/C18H26N8O2.HI/c1-19-18(20-11-15-22-17(24-23-15)14-3-2-10-28-14)26-8-6-25(7-9-26)12-16(27)21-13-4-5-13;/h2-3,10,13H,4-9,11-12H2,1H3,(H,19,20)(H,21,27)(H,22,23,24);1H. The fourth-order valence-electron chi connectivity index (χ4n) is 3.21. The maximum atomic E-state index is 12.0. The molecule has 0 aromatic carbocycles. The molecule has 0 radical (unpaired) electrons.